The lowest BCUT2D eigenvalue weighted by atomic mass is 10.2. The van der Waals surface area contributed by atoms with Crippen molar-refractivity contribution in [3.8, 4) is 0 Å². The van der Waals surface area contributed by atoms with E-state index in [1.54, 1.807) is 6.26 Å². The lowest BCUT2D eigenvalue weighted by Crippen LogP contribution is -2.33. The molecule has 0 rings (SSSR count). The van der Waals surface area contributed by atoms with Crippen molar-refractivity contribution in [2.24, 2.45) is 0 Å². The van der Waals surface area contributed by atoms with Crippen molar-refractivity contribution in [2.45, 2.75) is 31.6 Å². The maximum absolute atomic E-state index is 11.3. The highest BCUT2D eigenvalue weighted by atomic mass is 127. The van der Waals surface area contributed by atoms with E-state index < -0.39 is 15.7 Å². The summed E-state index contributed by atoms with van der Waals surface area (Å²) in [5.74, 6) is 0. The molecule has 0 aromatic rings. The van der Waals surface area contributed by atoms with Gasteiger partial charge in [-0.3, -0.25) is 8.39 Å². The van der Waals surface area contributed by atoms with Gasteiger partial charge in [0, 0.05) is 27.5 Å². The van der Waals surface area contributed by atoms with Crippen molar-refractivity contribution >= 4 is 41.2 Å². The van der Waals surface area contributed by atoms with E-state index in [1.807, 2.05) is 13.8 Å². The van der Waals surface area contributed by atoms with Gasteiger partial charge in [0.15, 0.2) is 4.93 Å². The van der Waals surface area contributed by atoms with Gasteiger partial charge in [0.05, 0.1) is 20.0 Å². The van der Waals surface area contributed by atoms with Crippen LogP contribution in [-0.4, -0.2) is 15.4 Å². The second-order valence-corrected chi connectivity index (χ2v) is 5.24. The predicted octanol–water partition coefficient (Wildman–Crippen LogP) is 2.90. The van der Waals surface area contributed by atoms with Gasteiger partial charge in [-0.15, -0.1) is 0 Å². The van der Waals surface area contributed by atoms with Crippen LogP contribution in [0.5, 0.6) is 0 Å². The summed E-state index contributed by atoms with van der Waals surface area (Å²) in [5.41, 5.74) is 0. The maximum Gasteiger partial charge on any atom is 0.157 e. The van der Waals surface area contributed by atoms with Crippen LogP contribution in [0.15, 0.2) is 0 Å². The van der Waals surface area contributed by atoms with Crippen LogP contribution in [-0.2, 0) is 15.0 Å². The molecule has 2 nitrogen and oxygen atoms in total. The van der Waals surface area contributed by atoms with E-state index in [4.69, 9.17) is 4.18 Å². The Balaban J connectivity index is 4.32. The van der Waals surface area contributed by atoms with Gasteiger partial charge < -0.3 is 0 Å². The van der Waals surface area contributed by atoms with Crippen molar-refractivity contribution in [1.82, 2.24) is 0 Å². The van der Waals surface area contributed by atoms with E-state index >= 15 is 0 Å². The van der Waals surface area contributed by atoms with E-state index in [0.29, 0.717) is 0 Å². The molecule has 0 saturated heterocycles. The molecule has 11 heavy (non-hydrogen) atoms. The summed E-state index contributed by atoms with van der Waals surface area (Å²) >= 11 is 2.05. The van der Waals surface area contributed by atoms with E-state index in [9.17, 15) is 4.21 Å². The Bertz CT molecular complexity index is 137. The van der Waals surface area contributed by atoms with E-state index in [-0.39, 0.29) is 0 Å². The number of halogens is 1. The Morgan fingerprint density at radius 1 is 1.55 bits per heavy atom. The predicted molar refractivity (Wildman–Crippen MR) is 60.1 cm³/mol. The zero-order valence-electron chi connectivity index (χ0n) is 6.93. The highest BCUT2D eigenvalue weighted by molar-refractivity contribution is 14.2. The molecule has 0 spiro atoms. The maximum atomic E-state index is 11.3. The minimum Gasteiger partial charge on any atom is -0.285 e. The second-order valence-electron chi connectivity index (χ2n) is 2.22. The van der Waals surface area contributed by atoms with Gasteiger partial charge in [-0.2, -0.15) is 0 Å². The largest absolute Gasteiger partial charge is 0.285 e. The third-order valence-electron chi connectivity index (χ3n) is 1.78. The van der Waals surface area contributed by atoms with Crippen LogP contribution in [0.2, 0.25) is 0 Å². The Hall–Kier alpha value is 1.19. The molecule has 0 fully saturated rings. The molecule has 1 atom stereocenters. The van der Waals surface area contributed by atoms with E-state index in [1.165, 1.54) is 9.21 Å². The van der Waals surface area contributed by atoms with Gasteiger partial charge in [-0.25, -0.2) is 0 Å². The molecular formula is C6H13IO2S2. The number of hydrogen-bond acceptors (Lipinski definition) is 3. The molecule has 0 aromatic carbocycles. The number of hydrogen-bond donors (Lipinski definition) is 0. The van der Waals surface area contributed by atoms with Crippen LogP contribution in [0.25, 0.3) is 0 Å². The fraction of sp³-hybridized carbons (Fsp3) is 1.00. The zero-order valence-corrected chi connectivity index (χ0v) is 10.7. The molecule has 0 radical (unpaired) electrons. The van der Waals surface area contributed by atoms with Crippen molar-refractivity contribution in [3.05, 3.63) is 0 Å². The van der Waals surface area contributed by atoms with E-state index in [2.05, 4.69) is 21.2 Å². The summed E-state index contributed by atoms with van der Waals surface area (Å²) in [6.45, 7) is 4.00. The van der Waals surface area contributed by atoms with Gasteiger partial charge in [0.2, 0.25) is 0 Å². The first-order valence-corrected chi connectivity index (χ1v) is 8.27. The Morgan fingerprint density at radius 3 is 2.09 bits per heavy atom. The fourth-order valence-electron chi connectivity index (χ4n) is 0.880. The molecule has 0 N–H and O–H groups in total. The minimum atomic E-state index is -0.910. The quantitative estimate of drug-likeness (QED) is 0.577. The van der Waals surface area contributed by atoms with Crippen LogP contribution >= 0.6 is 30.4 Å². The number of rotatable bonds is 5. The molecule has 0 saturated carbocycles. The molecule has 0 aliphatic rings. The minimum absolute atomic E-state index is 0.439. The second kappa shape index (κ2) is 5.77. The molecule has 0 amide bonds. The van der Waals surface area contributed by atoms with Crippen LogP contribution in [0.4, 0.5) is 0 Å². The van der Waals surface area contributed by atoms with E-state index in [0.717, 1.165) is 12.8 Å². The topological polar surface area (TPSA) is 26.3 Å². The standard InChI is InChI=1S/C6H13IO2S2/c1-4-6(5-2,9-10-7)11(3)8/h4-5H2,1-3H3. The summed E-state index contributed by atoms with van der Waals surface area (Å²) in [7, 11) is 0.353. The Morgan fingerprint density at radius 2 is 2.00 bits per heavy atom. The smallest absolute Gasteiger partial charge is 0.157 e. The van der Waals surface area contributed by atoms with Crippen LogP contribution in [0, 0.1) is 0 Å². The zero-order chi connectivity index (χ0) is 8.91. The first kappa shape index (κ1) is 12.2. The van der Waals surface area contributed by atoms with Gasteiger partial charge >= 0.3 is 0 Å². The van der Waals surface area contributed by atoms with Crippen LogP contribution in [0.1, 0.15) is 26.7 Å². The highest BCUT2D eigenvalue weighted by Crippen LogP contribution is 2.31. The third-order valence-corrected chi connectivity index (χ3v) is 4.52. The van der Waals surface area contributed by atoms with Crippen LogP contribution < -0.4 is 0 Å². The Labute approximate surface area is 87.1 Å². The summed E-state index contributed by atoms with van der Waals surface area (Å²) < 4.78 is 16.7. The molecule has 68 valence electrons. The van der Waals surface area contributed by atoms with Crippen molar-refractivity contribution in [3.63, 3.8) is 0 Å². The first-order chi connectivity index (χ1) is 5.13. The molecule has 0 aliphatic heterocycles. The monoisotopic (exact) mass is 308 g/mol. The Kier molecular flexibility index (Phi) is 6.39. The highest BCUT2D eigenvalue weighted by Gasteiger charge is 2.32. The molecular weight excluding hydrogens is 295 g/mol. The fourth-order valence-corrected chi connectivity index (χ4v) is 3.93. The van der Waals surface area contributed by atoms with Gasteiger partial charge in [0.1, 0.15) is 0 Å². The summed E-state index contributed by atoms with van der Waals surface area (Å²) in [4.78, 5) is -0.439. The molecule has 0 heterocycles. The normalized spacial score (nSPS) is 14.9. The lowest BCUT2D eigenvalue weighted by molar-refractivity contribution is 0.188. The lowest BCUT2D eigenvalue weighted by Gasteiger charge is -2.26. The van der Waals surface area contributed by atoms with Crippen LogP contribution in [0.3, 0.4) is 0 Å². The van der Waals surface area contributed by atoms with Crippen molar-refractivity contribution in [1.29, 1.82) is 0 Å². The molecule has 0 bridgehead atoms. The average Bonchev–Trinajstić information content (AvgIpc) is 2.00. The molecule has 0 aromatic heterocycles. The summed E-state index contributed by atoms with van der Waals surface area (Å²) in [6.07, 6.45) is 3.28. The summed E-state index contributed by atoms with van der Waals surface area (Å²) in [5, 5.41) is 0. The molecule has 5 heteroatoms. The third kappa shape index (κ3) is 3.20. The van der Waals surface area contributed by atoms with Gasteiger partial charge in [-0.1, -0.05) is 13.8 Å². The first-order valence-electron chi connectivity index (χ1n) is 3.43. The molecule has 0 aliphatic carbocycles. The summed E-state index contributed by atoms with van der Waals surface area (Å²) in [6, 6.07) is 0. The SMILES string of the molecule is CCC(CC)(OSI)S(C)=O. The van der Waals surface area contributed by atoms with Crippen molar-refractivity contribution < 1.29 is 8.39 Å². The van der Waals surface area contributed by atoms with Gasteiger partial charge in [-0.05, 0) is 12.8 Å². The average molecular weight is 308 g/mol. The van der Waals surface area contributed by atoms with Crippen molar-refractivity contribution in [2.75, 3.05) is 6.26 Å². The van der Waals surface area contributed by atoms with Gasteiger partial charge in [0.25, 0.3) is 0 Å². The molecule has 1 unspecified atom stereocenters.